The molecule has 37 heavy (non-hydrogen) atoms. The summed E-state index contributed by atoms with van der Waals surface area (Å²) in [6.45, 7) is 1.52. The summed E-state index contributed by atoms with van der Waals surface area (Å²) in [6.07, 6.45) is 4.49. The number of hydrogen-bond donors (Lipinski definition) is 1. The normalized spacial score (nSPS) is 14.5. The van der Waals surface area contributed by atoms with Gasteiger partial charge in [0.1, 0.15) is 17.9 Å². The van der Waals surface area contributed by atoms with Crippen LogP contribution in [0, 0.1) is 11.6 Å². The molecule has 0 aliphatic carbocycles. The summed E-state index contributed by atoms with van der Waals surface area (Å²) < 4.78 is 37.3. The molecule has 0 fully saturated rings. The molecule has 0 amide bonds. The van der Waals surface area contributed by atoms with Crippen LogP contribution in [0.1, 0.15) is 5.56 Å². The predicted octanol–water partition coefficient (Wildman–Crippen LogP) is 4.01. The molecule has 190 valence electrons. The largest absolute Gasteiger partial charge is 0.468 e. The highest BCUT2D eigenvalue weighted by atomic mass is 127. The highest BCUT2D eigenvalue weighted by Crippen LogP contribution is 2.49. The van der Waals surface area contributed by atoms with Gasteiger partial charge in [0, 0.05) is 55.1 Å². The predicted molar refractivity (Wildman–Crippen MR) is 145 cm³/mol. The topological polar surface area (TPSA) is 86.7 Å². The van der Waals surface area contributed by atoms with E-state index in [1.165, 1.54) is 11.7 Å². The quantitative estimate of drug-likeness (QED) is 0.211. The van der Waals surface area contributed by atoms with E-state index in [2.05, 4.69) is 32.8 Å². The first-order valence-electron chi connectivity index (χ1n) is 11.5. The standard InChI is InChI=1S/C25H21F2IN6O3/c1-31-11-16-15-6-19-20(34(28)4-3-32(19)12-21(35)37-2)7-18(15)33(24-17(27)5-14(26)9-30-24)10-13-8-29-23(22(13)16)25(31)36/h5-9,11,29H,3-4,10,12H2,1-2H3. The van der Waals surface area contributed by atoms with Crippen LogP contribution >= 0.6 is 22.9 Å². The van der Waals surface area contributed by atoms with E-state index in [0.29, 0.717) is 24.3 Å². The van der Waals surface area contributed by atoms with E-state index in [-0.39, 0.29) is 30.4 Å². The highest BCUT2D eigenvalue weighted by Gasteiger charge is 2.32. The molecule has 5 heterocycles. The second-order valence-corrected chi connectivity index (χ2v) is 10.2. The van der Waals surface area contributed by atoms with Gasteiger partial charge >= 0.3 is 5.97 Å². The lowest BCUT2D eigenvalue weighted by molar-refractivity contribution is -0.138. The summed E-state index contributed by atoms with van der Waals surface area (Å²) in [5.41, 5.74) is 4.82. The van der Waals surface area contributed by atoms with E-state index in [1.54, 1.807) is 24.3 Å². The number of ether oxygens (including phenoxy) is 1. The number of carbonyl (C=O) groups excluding carboxylic acids is 1. The molecule has 12 heteroatoms. The van der Waals surface area contributed by atoms with Crippen molar-refractivity contribution in [3.05, 3.63) is 64.3 Å². The number of anilines is 4. The second kappa shape index (κ2) is 8.71. The van der Waals surface area contributed by atoms with Crippen molar-refractivity contribution in [2.75, 3.05) is 39.7 Å². The number of H-pyrrole nitrogens is 1. The second-order valence-electron chi connectivity index (χ2n) is 9.01. The molecular formula is C25H21F2IN6O3. The number of nitrogens with zero attached hydrogens (tertiary/aromatic N) is 5. The SMILES string of the molecule is COC(=O)CN1CCN(I)c2cc3c(cc21)-c1cn(C)c(=O)c2[nH]cc(c12)CN3c1ncc(F)cc1F. The number of methoxy groups -OCH3 is 1. The third-order valence-electron chi connectivity index (χ3n) is 6.85. The van der Waals surface area contributed by atoms with E-state index < -0.39 is 11.6 Å². The number of esters is 1. The van der Waals surface area contributed by atoms with E-state index >= 15 is 4.39 Å². The first-order chi connectivity index (χ1) is 17.8. The van der Waals surface area contributed by atoms with Crippen LogP contribution < -0.4 is 18.5 Å². The molecule has 6 rings (SSSR count). The monoisotopic (exact) mass is 618 g/mol. The van der Waals surface area contributed by atoms with Gasteiger partial charge in [-0.15, -0.1) is 0 Å². The van der Waals surface area contributed by atoms with Crippen molar-refractivity contribution in [2.45, 2.75) is 6.54 Å². The smallest absolute Gasteiger partial charge is 0.325 e. The number of aromatic nitrogens is 3. The van der Waals surface area contributed by atoms with Gasteiger partial charge in [-0.3, -0.25) is 9.59 Å². The maximum Gasteiger partial charge on any atom is 0.325 e. The van der Waals surface area contributed by atoms with Crippen molar-refractivity contribution in [3.8, 4) is 11.1 Å². The van der Waals surface area contributed by atoms with Gasteiger partial charge in [0.2, 0.25) is 0 Å². The number of halogens is 3. The molecule has 0 unspecified atom stereocenters. The minimum absolute atomic E-state index is 0.0290. The van der Waals surface area contributed by atoms with Crippen LogP contribution in [0.25, 0.3) is 22.0 Å². The van der Waals surface area contributed by atoms with Crippen LogP contribution in [-0.4, -0.2) is 47.2 Å². The van der Waals surface area contributed by atoms with Crippen LogP contribution in [0.5, 0.6) is 0 Å². The van der Waals surface area contributed by atoms with Gasteiger partial charge in [-0.1, -0.05) is 0 Å². The fraction of sp³-hybridized carbons (Fsp3) is 0.240. The Hall–Kier alpha value is -3.68. The zero-order valence-electron chi connectivity index (χ0n) is 19.9. The number of hydrogen-bond acceptors (Lipinski definition) is 7. The zero-order chi connectivity index (χ0) is 26.0. The summed E-state index contributed by atoms with van der Waals surface area (Å²) >= 11 is 2.21. The number of pyridine rings is 2. The van der Waals surface area contributed by atoms with Crippen LogP contribution in [0.3, 0.4) is 0 Å². The number of aromatic amines is 1. The Morgan fingerprint density at radius 2 is 1.97 bits per heavy atom. The third kappa shape index (κ3) is 3.72. The van der Waals surface area contributed by atoms with Gasteiger partial charge in [0.15, 0.2) is 11.6 Å². The maximum absolute atomic E-state index is 15.1. The van der Waals surface area contributed by atoms with Crippen molar-refractivity contribution in [3.63, 3.8) is 0 Å². The van der Waals surface area contributed by atoms with Gasteiger partial charge in [0.25, 0.3) is 5.56 Å². The molecule has 0 atom stereocenters. The first-order valence-corrected chi connectivity index (χ1v) is 12.4. The van der Waals surface area contributed by atoms with Crippen LogP contribution in [0.15, 0.2) is 41.6 Å². The Bertz CT molecular complexity index is 1650. The van der Waals surface area contributed by atoms with Crippen LogP contribution in [-0.2, 0) is 23.1 Å². The van der Waals surface area contributed by atoms with Crippen molar-refractivity contribution < 1.29 is 18.3 Å². The number of nitrogens with one attached hydrogen (secondary N) is 1. The lowest BCUT2D eigenvalue weighted by Crippen LogP contribution is -2.40. The summed E-state index contributed by atoms with van der Waals surface area (Å²) in [5.74, 6) is -1.96. The molecule has 0 bridgehead atoms. The molecule has 0 saturated carbocycles. The van der Waals surface area contributed by atoms with E-state index in [9.17, 15) is 14.0 Å². The molecule has 1 N–H and O–H groups in total. The van der Waals surface area contributed by atoms with Crippen molar-refractivity contribution in [1.29, 1.82) is 0 Å². The summed E-state index contributed by atoms with van der Waals surface area (Å²) in [4.78, 5) is 35.9. The zero-order valence-corrected chi connectivity index (χ0v) is 22.0. The van der Waals surface area contributed by atoms with Crippen molar-refractivity contribution in [1.82, 2.24) is 14.5 Å². The van der Waals surface area contributed by atoms with Crippen molar-refractivity contribution in [2.24, 2.45) is 7.05 Å². The lowest BCUT2D eigenvalue weighted by Gasteiger charge is -2.37. The molecule has 2 aliphatic rings. The third-order valence-corrected chi connectivity index (χ3v) is 7.85. The molecule has 1 aromatic carbocycles. The minimum atomic E-state index is -0.796. The van der Waals surface area contributed by atoms with E-state index in [4.69, 9.17) is 4.74 Å². The van der Waals surface area contributed by atoms with E-state index in [0.717, 1.165) is 45.7 Å². The average molecular weight is 618 g/mol. The molecule has 2 aliphatic heterocycles. The molecular weight excluding hydrogens is 597 g/mol. The molecule has 3 aromatic heterocycles. The lowest BCUT2D eigenvalue weighted by atomic mass is 9.98. The maximum atomic E-state index is 15.1. The fourth-order valence-electron chi connectivity index (χ4n) is 5.10. The minimum Gasteiger partial charge on any atom is -0.468 e. The van der Waals surface area contributed by atoms with E-state index in [1.807, 2.05) is 20.1 Å². The number of aryl methyl sites for hydroxylation is 1. The molecule has 0 radical (unpaired) electrons. The van der Waals surface area contributed by atoms with Crippen LogP contribution in [0.2, 0.25) is 0 Å². The molecule has 0 saturated heterocycles. The van der Waals surface area contributed by atoms with Gasteiger partial charge in [-0.05, 0) is 17.7 Å². The Morgan fingerprint density at radius 1 is 1.16 bits per heavy atom. The number of carbonyl (C=O) groups is 1. The Morgan fingerprint density at radius 3 is 2.73 bits per heavy atom. The molecule has 9 nitrogen and oxygen atoms in total. The fourth-order valence-corrected chi connectivity index (χ4v) is 5.70. The summed E-state index contributed by atoms with van der Waals surface area (Å²) in [6, 6.07) is 4.69. The average Bonchev–Trinajstić information content (AvgIpc) is 3.25. The van der Waals surface area contributed by atoms with Gasteiger partial charge in [0.05, 0.1) is 59.8 Å². The summed E-state index contributed by atoms with van der Waals surface area (Å²) in [5, 5.41) is 0.732. The van der Waals surface area contributed by atoms with Gasteiger partial charge in [-0.25, -0.2) is 13.8 Å². The summed E-state index contributed by atoms with van der Waals surface area (Å²) in [7, 11) is 3.03. The first kappa shape index (κ1) is 23.7. The van der Waals surface area contributed by atoms with Crippen molar-refractivity contribution >= 4 is 62.6 Å². The molecule has 0 spiro atoms. The van der Waals surface area contributed by atoms with Crippen LogP contribution in [0.4, 0.5) is 31.7 Å². The molecule has 4 aromatic rings. The Labute approximate surface area is 223 Å². The number of benzene rings is 1. The van der Waals surface area contributed by atoms with Gasteiger partial charge < -0.3 is 27.2 Å². The van der Waals surface area contributed by atoms with Gasteiger partial charge in [-0.2, -0.15) is 0 Å². The highest BCUT2D eigenvalue weighted by molar-refractivity contribution is 14.1. The Kier molecular flexibility index (Phi) is 5.58. The Balaban J connectivity index is 1.67. The number of rotatable bonds is 3. The number of fused-ring (bicyclic) bond motifs is 3.